The number of carboxylic acid groups (broad SMARTS) is 1. The van der Waals surface area contributed by atoms with Gasteiger partial charge in [-0.15, -0.1) is 0 Å². The lowest BCUT2D eigenvalue weighted by molar-refractivity contribution is -0.402. The number of nitrogens with one attached hydrogen (secondary N) is 1. The smallest absolute Gasteiger partial charge is 0.433 e. The maximum absolute atomic E-state index is 11.8. The number of nitro groups is 1. The number of furan rings is 1. The monoisotopic (exact) mass is 310 g/mol. The van der Waals surface area contributed by atoms with Gasteiger partial charge in [-0.1, -0.05) is 11.6 Å². The molecule has 0 saturated carbocycles. The second-order valence-electron chi connectivity index (χ2n) is 3.85. The molecule has 1 aromatic carbocycles. The molecule has 0 atom stereocenters. The number of benzene rings is 1. The van der Waals surface area contributed by atoms with E-state index < -0.39 is 22.7 Å². The molecule has 1 aromatic heterocycles. The van der Waals surface area contributed by atoms with Crippen LogP contribution in [0.3, 0.4) is 0 Å². The number of amides is 1. The molecule has 0 aliphatic rings. The number of carboxylic acids is 1. The van der Waals surface area contributed by atoms with E-state index in [1.165, 1.54) is 18.2 Å². The van der Waals surface area contributed by atoms with Crippen molar-refractivity contribution < 1.29 is 24.0 Å². The average Bonchev–Trinajstić information content (AvgIpc) is 2.90. The Morgan fingerprint density at radius 2 is 2.00 bits per heavy atom. The van der Waals surface area contributed by atoms with Crippen molar-refractivity contribution in [3.05, 3.63) is 56.8 Å². The topological polar surface area (TPSA) is 123 Å². The third-order valence-electron chi connectivity index (χ3n) is 2.46. The zero-order valence-corrected chi connectivity index (χ0v) is 11.0. The van der Waals surface area contributed by atoms with E-state index in [1.54, 1.807) is 0 Å². The number of carbonyl (C=O) groups is 2. The van der Waals surface area contributed by atoms with Gasteiger partial charge in [-0.25, -0.2) is 4.79 Å². The van der Waals surface area contributed by atoms with Gasteiger partial charge in [0.2, 0.25) is 0 Å². The molecule has 0 bridgehead atoms. The van der Waals surface area contributed by atoms with Crippen molar-refractivity contribution in [1.82, 2.24) is 0 Å². The number of hydrogen-bond donors (Lipinski definition) is 2. The second kappa shape index (κ2) is 5.63. The summed E-state index contributed by atoms with van der Waals surface area (Å²) in [5.41, 5.74) is -0.0132. The highest BCUT2D eigenvalue weighted by molar-refractivity contribution is 6.34. The fraction of sp³-hybridized carbons (Fsp3) is 0. The molecule has 0 saturated heterocycles. The molecule has 0 unspecified atom stereocenters. The maximum Gasteiger partial charge on any atom is 0.433 e. The van der Waals surface area contributed by atoms with Crippen molar-refractivity contribution >= 4 is 35.0 Å². The van der Waals surface area contributed by atoms with Gasteiger partial charge in [0.05, 0.1) is 22.3 Å². The zero-order valence-electron chi connectivity index (χ0n) is 10.2. The van der Waals surface area contributed by atoms with Crippen LogP contribution in [0.15, 0.2) is 34.7 Å². The number of aromatic carboxylic acids is 1. The van der Waals surface area contributed by atoms with Crippen molar-refractivity contribution in [2.45, 2.75) is 0 Å². The SMILES string of the molecule is O=C(O)c1ccc(Cl)c(NC(=O)c2ccc([N+](=O)[O-])o2)c1. The fourth-order valence-electron chi connectivity index (χ4n) is 1.49. The Balaban J connectivity index is 2.24. The Hall–Kier alpha value is -2.87. The van der Waals surface area contributed by atoms with Gasteiger partial charge < -0.3 is 14.8 Å². The van der Waals surface area contributed by atoms with Crippen LogP contribution in [0.4, 0.5) is 11.6 Å². The van der Waals surface area contributed by atoms with Gasteiger partial charge in [0.25, 0.3) is 5.91 Å². The van der Waals surface area contributed by atoms with Crippen LogP contribution in [0.1, 0.15) is 20.9 Å². The third kappa shape index (κ3) is 3.18. The van der Waals surface area contributed by atoms with Gasteiger partial charge in [-0.3, -0.25) is 14.9 Å². The van der Waals surface area contributed by atoms with Crippen molar-refractivity contribution in [3.63, 3.8) is 0 Å². The van der Waals surface area contributed by atoms with Crippen LogP contribution in [0.2, 0.25) is 5.02 Å². The molecule has 0 radical (unpaired) electrons. The molecular weight excluding hydrogens is 304 g/mol. The van der Waals surface area contributed by atoms with E-state index in [4.69, 9.17) is 21.1 Å². The molecule has 1 heterocycles. The molecule has 2 rings (SSSR count). The first-order valence-corrected chi connectivity index (χ1v) is 5.84. The van der Waals surface area contributed by atoms with Crippen LogP contribution < -0.4 is 5.32 Å². The molecular formula is C12H7ClN2O6. The predicted molar refractivity (Wildman–Crippen MR) is 71.7 cm³/mol. The van der Waals surface area contributed by atoms with Gasteiger partial charge in [0, 0.05) is 0 Å². The Morgan fingerprint density at radius 3 is 2.57 bits per heavy atom. The van der Waals surface area contributed by atoms with Crippen LogP contribution in [-0.2, 0) is 0 Å². The number of halogens is 1. The van der Waals surface area contributed by atoms with Gasteiger partial charge >= 0.3 is 11.9 Å². The fourth-order valence-corrected chi connectivity index (χ4v) is 1.65. The Bertz CT molecular complexity index is 739. The largest absolute Gasteiger partial charge is 0.478 e. The molecule has 21 heavy (non-hydrogen) atoms. The normalized spacial score (nSPS) is 10.1. The summed E-state index contributed by atoms with van der Waals surface area (Å²) in [7, 11) is 0. The Kier molecular flexibility index (Phi) is 3.90. The number of hydrogen-bond acceptors (Lipinski definition) is 5. The van der Waals surface area contributed by atoms with E-state index in [9.17, 15) is 19.7 Å². The minimum Gasteiger partial charge on any atom is -0.478 e. The first-order chi connectivity index (χ1) is 9.88. The molecule has 1 amide bonds. The molecule has 108 valence electrons. The first-order valence-electron chi connectivity index (χ1n) is 5.47. The molecule has 9 heteroatoms. The summed E-state index contributed by atoms with van der Waals surface area (Å²) >= 11 is 5.84. The number of carbonyl (C=O) groups excluding carboxylic acids is 1. The first kappa shape index (κ1) is 14.5. The highest BCUT2D eigenvalue weighted by Gasteiger charge is 2.18. The predicted octanol–water partition coefficient (Wildman–Crippen LogP) is 2.79. The molecule has 8 nitrogen and oxygen atoms in total. The average molecular weight is 311 g/mol. The van der Waals surface area contributed by atoms with Crippen LogP contribution in [0.5, 0.6) is 0 Å². The van der Waals surface area contributed by atoms with Crippen LogP contribution >= 0.6 is 11.6 Å². The summed E-state index contributed by atoms with van der Waals surface area (Å²) in [6, 6.07) is 5.91. The Labute approximate surface area is 122 Å². The summed E-state index contributed by atoms with van der Waals surface area (Å²) in [6.07, 6.45) is 0. The summed E-state index contributed by atoms with van der Waals surface area (Å²) in [4.78, 5) is 32.4. The molecule has 0 spiro atoms. The maximum atomic E-state index is 11.8. The van der Waals surface area contributed by atoms with Crippen molar-refractivity contribution in [1.29, 1.82) is 0 Å². The summed E-state index contributed by atoms with van der Waals surface area (Å²) < 4.78 is 4.73. The van der Waals surface area contributed by atoms with Gasteiger partial charge in [-0.05, 0) is 24.3 Å². The van der Waals surface area contributed by atoms with Crippen LogP contribution in [-0.4, -0.2) is 21.9 Å². The van der Waals surface area contributed by atoms with Gasteiger partial charge in [-0.2, -0.15) is 0 Å². The van der Waals surface area contributed by atoms with E-state index in [0.717, 1.165) is 12.1 Å². The van der Waals surface area contributed by atoms with E-state index in [0.29, 0.717) is 0 Å². The van der Waals surface area contributed by atoms with E-state index in [2.05, 4.69) is 5.32 Å². The highest BCUT2D eigenvalue weighted by Crippen LogP contribution is 2.24. The Morgan fingerprint density at radius 1 is 1.29 bits per heavy atom. The van der Waals surface area contributed by atoms with Crippen molar-refractivity contribution in [2.75, 3.05) is 5.32 Å². The number of nitrogens with zero attached hydrogens (tertiary/aromatic N) is 1. The van der Waals surface area contributed by atoms with Crippen LogP contribution in [0.25, 0.3) is 0 Å². The quantitative estimate of drug-likeness (QED) is 0.661. The van der Waals surface area contributed by atoms with Gasteiger partial charge in [0.15, 0.2) is 5.76 Å². The summed E-state index contributed by atoms with van der Waals surface area (Å²) in [6.45, 7) is 0. The number of rotatable bonds is 4. The second-order valence-corrected chi connectivity index (χ2v) is 4.26. The van der Waals surface area contributed by atoms with Crippen molar-refractivity contribution in [3.8, 4) is 0 Å². The summed E-state index contributed by atoms with van der Waals surface area (Å²) in [5.74, 6) is -2.84. The lowest BCUT2D eigenvalue weighted by Crippen LogP contribution is -2.12. The zero-order chi connectivity index (χ0) is 15.6. The molecule has 0 aliphatic carbocycles. The minimum absolute atomic E-state index is 0.0561. The highest BCUT2D eigenvalue weighted by atomic mass is 35.5. The van der Waals surface area contributed by atoms with Crippen molar-refractivity contribution in [2.24, 2.45) is 0 Å². The molecule has 2 N–H and O–H groups in total. The molecule has 0 aliphatic heterocycles. The summed E-state index contributed by atoms with van der Waals surface area (Å²) in [5, 5.41) is 21.8. The van der Waals surface area contributed by atoms with E-state index >= 15 is 0 Å². The van der Waals surface area contributed by atoms with E-state index in [-0.39, 0.29) is 22.0 Å². The minimum atomic E-state index is -1.18. The van der Waals surface area contributed by atoms with E-state index in [1.807, 2.05) is 0 Å². The lowest BCUT2D eigenvalue weighted by Gasteiger charge is -2.06. The lowest BCUT2D eigenvalue weighted by atomic mass is 10.2. The van der Waals surface area contributed by atoms with Gasteiger partial charge in [0.1, 0.15) is 4.92 Å². The van der Waals surface area contributed by atoms with Crippen LogP contribution in [0, 0.1) is 10.1 Å². The molecule has 2 aromatic rings. The molecule has 0 fully saturated rings. The standard InChI is InChI=1S/C12H7ClN2O6/c13-7-2-1-6(12(17)18)5-8(7)14-11(16)9-3-4-10(21-9)15(19)20/h1-5H,(H,14,16)(H,17,18). The third-order valence-corrected chi connectivity index (χ3v) is 2.79. The number of anilines is 1.